The number of primary amides is 1. The first-order valence-electron chi connectivity index (χ1n) is 22.3. The molecule has 0 aromatic heterocycles. The maximum absolute atomic E-state index is 14.3. The second-order valence-corrected chi connectivity index (χ2v) is 16.5. The monoisotopic (exact) mass is 915 g/mol. The summed E-state index contributed by atoms with van der Waals surface area (Å²) in [4.78, 5) is 114. The summed E-state index contributed by atoms with van der Waals surface area (Å²) in [5, 5.41) is 17.5. The van der Waals surface area contributed by atoms with E-state index in [2.05, 4.69) is 25.9 Å². The molecule has 0 bridgehead atoms. The normalized spacial score (nSPS) is 14.2. The van der Waals surface area contributed by atoms with Crippen LogP contribution in [0.1, 0.15) is 109 Å². The zero-order valence-corrected chi connectivity index (χ0v) is 38.0. The smallest absolute Gasteiger partial charge is 0.304 e. The second-order valence-electron chi connectivity index (χ2n) is 16.5. The van der Waals surface area contributed by atoms with Crippen LogP contribution in [0, 0.1) is 23.7 Å². The Labute approximate surface area is 381 Å². The van der Waals surface area contributed by atoms with Gasteiger partial charge in [-0.05, 0) is 89.3 Å². The fraction of sp³-hybridized carbons (Fsp3) is 0.636. The molecule has 4 amide bonds. The maximum atomic E-state index is 14.3. The first-order valence-corrected chi connectivity index (χ1v) is 22.3. The SMILES string of the molecule is C[C@H](CC(=O)[C@H](CCCCN)NC(=O)[C@H](CCCN=C(N)N)CC(=O)[C@H](CCCCN)NC(=O)[C@@H](CC(=O)[C@@H](C)CC(=O)O)Cc1ccccc1)C(=O)N[C@@H](CCCN=C(N)N)C(N)=O. The van der Waals surface area contributed by atoms with E-state index in [0.29, 0.717) is 45.2 Å². The quantitative estimate of drug-likeness (QED) is 0.0227. The standard InChI is InChI=1S/C44H74N12O9/c1-27(23-38(60)61)35(57)26-31(24-29-12-4-3-5-13-29)42(65)55-33(16-7-9-19-46)37(59)25-30(14-10-20-52-43(48)49)41(64)54-32(15-6-8-18-45)36(58)22-28(2)40(63)56-34(39(47)62)17-11-21-53-44(50)51/h3-5,12-13,27-28,30-34H,6-11,14-26,45-46H2,1-2H3,(H2,47,62)(H,54,64)(H,55,65)(H,56,63)(H,60,61)(H4,48,49,52)(H4,50,51,53)/t27-,28+,30+,31+,32-,33-,34-/m0/s1. The number of benzene rings is 1. The van der Waals surface area contributed by atoms with Gasteiger partial charge >= 0.3 is 5.97 Å². The lowest BCUT2D eigenvalue weighted by Gasteiger charge is -2.26. The summed E-state index contributed by atoms with van der Waals surface area (Å²) in [5.74, 6) is -9.09. The maximum Gasteiger partial charge on any atom is 0.304 e. The molecule has 1 rings (SSSR count). The molecule has 21 nitrogen and oxygen atoms in total. The third-order valence-corrected chi connectivity index (χ3v) is 10.9. The topological polar surface area (TPSA) is 400 Å². The molecule has 364 valence electrons. The third-order valence-electron chi connectivity index (χ3n) is 10.9. The molecule has 21 heteroatoms. The number of aliphatic imine (C=N–C) groups is 2. The lowest BCUT2D eigenvalue weighted by atomic mass is 9.87. The van der Waals surface area contributed by atoms with Crippen molar-refractivity contribution in [2.75, 3.05) is 26.2 Å². The molecule has 18 N–H and O–H groups in total. The largest absolute Gasteiger partial charge is 0.481 e. The summed E-state index contributed by atoms with van der Waals surface area (Å²) >= 11 is 0. The van der Waals surface area contributed by atoms with Crippen molar-refractivity contribution in [1.29, 1.82) is 0 Å². The highest BCUT2D eigenvalue weighted by atomic mass is 16.4. The molecule has 0 fully saturated rings. The van der Waals surface area contributed by atoms with Crippen LogP contribution in [0.15, 0.2) is 40.3 Å². The Morgan fingerprint density at radius 2 is 1.00 bits per heavy atom. The molecule has 0 spiro atoms. The van der Waals surface area contributed by atoms with Crippen LogP contribution in [-0.4, -0.2) is 108 Å². The number of unbranched alkanes of at least 4 members (excludes halogenated alkanes) is 2. The lowest BCUT2D eigenvalue weighted by Crippen LogP contribution is -2.49. The Balaban J connectivity index is 3.40. The molecule has 0 aliphatic carbocycles. The zero-order chi connectivity index (χ0) is 48.9. The molecule has 0 heterocycles. The first kappa shape index (κ1) is 57.1. The van der Waals surface area contributed by atoms with Gasteiger partial charge in [-0.25, -0.2) is 0 Å². The van der Waals surface area contributed by atoms with Crippen LogP contribution < -0.4 is 56.1 Å². The van der Waals surface area contributed by atoms with Crippen molar-refractivity contribution < 1.29 is 43.5 Å². The predicted octanol–water partition coefficient (Wildman–Crippen LogP) is -0.609. The van der Waals surface area contributed by atoms with Gasteiger partial charge < -0.3 is 61.2 Å². The summed E-state index contributed by atoms with van der Waals surface area (Å²) in [6.45, 7) is 3.99. The van der Waals surface area contributed by atoms with Gasteiger partial charge in [0.2, 0.25) is 23.6 Å². The molecule has 0 saturated carbocycles. The third kappa shape index (κ3) is 24.6. The van der Waals surface area contributed by atoms with E-state index in [1.54, 1.807) is 30.3 Å². The van der Waals surface area contributed by atoms with Gasteiger partial charge in [-0.3, -0.25) is 48.3 Å². The van der Waals surface area contributed by atoms with Crippen molar-refractivity contribution in [1.82, 2.24) is 16.0 Å². The molecule has 0 aliphatic heterocycles. The number of nitrogens with zero attached hydrogens (tertiary/aromatic N) is 2. The van der Waals surface area contributed by atoms with Gasteiger partial charge in [-0.1, -0.05) is 44.2 Å². The molecule has 0 unspecified atom stereocenters. The average molecular weight is 915 g/mol. The van der Waals surface area contributed by atoms with E-state index in [4.69, 9.17) is 40.1 Å². The Hall–Kier alpha value is -5.96. The predicted molar refractivity (Wildman–Crippen MR) is 247 cm³/mol. The Bertz CT molecular complexity index is 1750. The van der Waals surface area contributed by atoms with E-state index in [1.807, 2.05) is 0 Å². The number of guanidine groups is 2. The van der Waals surface area contributed by atoms with E-state index in [9.17, 15) is 43.5 Å². The van der Waals surface area contributed by atoms with Gasteiger partial charge in [0.1, 0.15) is 11.8 Å². The van der Waals surface area contributed by atoms with Gasteiger partial charge in [0.05, 0.1) is 18.5 Å². The van der Waals surface area contributed by atoms with Crippen LogP contribution in [0.3, 0.4) is 0 Å². The number of aliphatic carboxylic acids is 1. The summed E-state index contributed by atoms with van der Waals surface area (Å²) < 4.78 is 0. The molecular weight excluding hydrogens is 841 g/mol. The van der Waals surface area contributed by atoms with E-state index < -0.39 is 95.2 Å². The molecule has 1 aromatic rings. The van der Waals surface area contributed by atoms with Crippen LogP contribution >= 0.6 is 0 Å². The number of Topliss-reactive ketones (excluding diaryl/α,β-unsaturated/α-hetero) is 3. The number of hydrogen-bond acceptors (Lipinski definition) is 12. The number of nitrogens with two attached hydrogens (primary N) is 7. The molecule has 0 aliphatic rings. The number of ketones is 3. The summed E-state index contributed by atoms with van der Waals surface area (Å²) in [5.41, 5.74) is 39.5. The number of carboxylic acids is 1. The summed E-state index contributed by atoms with van der Waals surface area (Å²) in [6, 6.07) is 5.78. The van der Waals surface area contributed by atoms with E-state index in [-0.39, 0.29) is 82.8 Å². The van der Waals surface area contributed by atoms with Gasteiger partial charge in [-0.2, -0.15) is 0 Å². The van der Waals surface area contributed by atoms with E-state index >= 15 is 0 Å². The fourth-order valence-corrected chi connectivity index (χ4v) is 7.06. The number of hydrogen-bond donors (Lipinski definition) is 11. The first-order chi connectivity index (χ1) is 30.8. The van der Waals surface area contributed by atoms with Crippen LogP contribution in [0.2, 0.25) is 0 Å². The van der Waals surface area contributed by atoms with E-state index in [0.717, 1.165) is 5.56 Å². The molecule has 65 heavy (non-hydrogen) atoms. The highest BCUT2D eigenvalue weighted by molar-refractivity contribution is 5.97. The Morgan fingerprint density at radius 3 is 1.49 bits per heavy atom. The average Bonchev–Trinajstić information content (AvgIpc) is 3.24. The zero-order valence-electron chi connectivity index (χ0n) is 38.0. The number of rotatable bonds is 36. The minimum Gasteiger partial charge on any atom is -0.481 e. The van der Waals surface area contributed by atoms with Crippen molar-refractivity contribution in [2.24, 2.45) is 73.8 Å². The van der Waals surface area contributed by atoms with Crippen molar-refractivity contribution in [3.8, 4) is 0 Å². The number of carbonyl (C=O) groups is 8. The van der Waals surface area contributed by atoms with Crippen LogP contribution in [0.4, 0.5) is 0 Å². The number of carboxylic acid groups (broad SMARTS) is 1. The fourth-order valence-electron chi connectivity index (χ4n) is 7.06. The van der Waals surface area contributed by atoms with Gasteiger partial charge in [0.15, 0.2) is 23.5 Å². The van der Waals surface area contributed by atoms with Gasteiger partial charge in [0, 0.05) is 56.0 Å². The Morgan fingerprint density at radius 1 is 0.538 bits per heavy atom. The highest BCUT2D eigenvalue weighted by Gasteiger charge is 2.33. The van der Waals surface area contributed by atoms with Crippen molar-refractivity contribution in [3.63, 3.8) is 0 Å². The van der Waals surface area contributed by atoms with Gasteiger partial charge in [-0.15, -0.1) is 0 Å². The summed E-state index contributed by atoms with van der Waals surface area (Å²) in [7, 11) is 0. The molecule has 0 saturated heterocycles. The van der Waals surface area contributed by atoms with Crippen molar-refractivity contribution >= 4 is 58.9 Å². The second kappa shape index (κ2) is 31.8. The minimum atomic E-state index is -1.15. The number of amides is 4. The lowest BCUT2D eigenvalue weighted by molar-refractivity contribution is -0.141. The molecule has 7 atom stereocenters. The van der Waals surface area contributed by atoms with Crippen LogP contribution in [0.5, 0.6) is 0 Å². The van der Waals surface area contributed by atoms with Crippen molar-refractivity contribution in [2.45, 2.75) is 128 Å². The van der Waals surface area contributed by atoms with Crippen LogP contribution in [0.25, 0.3) is 0 Å². The number of carbonyl (C=O) groups excluding carboxylic acids is 7. The highest BCUT2D eigenvalue weighted by Crippen LogP contribution is 2.21. The van der Waals surface area contributed by atoms with E-state index in [1.165, 1.54) is 13.8 Å². The minimum absolute atomic E-state index is 0.116. The van der Waals surface area contributed by atoms with Crippen molar-refractivity contribution in [3.05, 3.63) is 35.9 Å². The number of nitrogens with one attached hydrogen (secondary N) is 3. The summed E-state index contributed by atoms with van der Waals surface area (Å²) in [6.07, 6.45) is 2.06. The molecule has 0 radical (unpaired) electrons. The van der Waals surface area contributed by atoms with Crippen LogP contribution in [-0.2, 0) is 44.8 Å². The Kier molecular flexibility index (Phi) is 27.9. The molecular formula is C44H74N12O9. The van der Waals surface area contributed by atoms with Gasteiger partial charge in [0.25, 0.3) is 0 Å². The molecule has 1 aromatic carbocycles.